The third-order valence-electron chi connectivity index (χ3n) is 7.64. The Bertz CT molecular complexity index is 1980. The molecule has 0 nitrogen and oxygen atoms in total. The summed E-state index contributed by atoms with van der Waals surface area (Å²) in [7, 11) is 0. The molecule has 0 spiro atoms. The molecule has 41 heavy (non-hydrogen) atoms. The van der Waals surface area contributed by atoms with Gasteiger partial charge in [0.05, 0.1) is 0 Å². The molecule has 0 saturated heterocycles. The summed E-state index contributed by atoms with van der Waals surface area (Å²) in [6, 6.07) is 54.7. The number of hydrogen-bond donors (Lipinski definition) is 0. The van der Waals surface area contributed by atoms with Gasteiger partial charge in [0.2, 0.25) is 0 Å². The Labute approximate surface area is 249 Å². The van der Waals surface area contributed by atoms with Crippen LogP contribution in [0.25, 0.3) is 67.1 Å². The van der Waals surface area contributed by atoms with E-state index >= 15 is 0 Å². The summed E-state index contributed by atoms with van der Waals surface area (Å²) in [5.41, 5.74) is 9.73. The van der Waals surface area contributed by atoms with Gasteiger partial charge < -0.3 is 0 Å². The molecule has 7 rings (SSSR count). The Morgan fingerprint density at radius 3 is 1.32 bits per heavy atom. The maximum Gasteiger partial charge on any atom is 0.0181 e. The molecular weight excluding hydrogens is 560 g/mol. The highest BCUT2D eigenvalue weighted by atomic mass is 79.9. The zero-order chi connectivity index (χ0) is 27.6. The maximum atomic E-state index is 3.56. The summed E-state index contributed by atoms with van der Waals surface area (Å²) in [5, 5.41) is 4.96. The van der Waals surface area contributed by atoms with Gasteiger partial charge in [-0.15, -0.1) is 0 Å². The molecule has 0 radical (unpaired) electrons. The lowest BCUT2D eigenvalue weighted by atomic mass is 9.92. The predicted octanol–water partition coefficient (Wildman–Crippen LogP) is 11.9. The molecule has 0 unspecified atom stereocenters. The molecule has 0 aliphatic heterocycles. The average molecular weight is 588 g/mol. The van der Waals surface area contributed by atoms with E-state index < -0.39 is 0 Å². The molecule has 0 aromatic heterocycles. The van der Waals surface area contributed by atoms with Gasteiger partial charge in [0.1, 0.15) is 0 Å². The minimum atomic E-state index is 1.10. The summed E-state index contributed by atoms with van der Waals surface area (Å²) in [5.74, 6) is 0. The van der Waals surface area contributed by atoms with Gasteiger partial charge in [-0.25, -0.2) is 0 Å². The fourth-order valence-electron chi connectivity index (χ4n) is 5.47. The molecule has 0 saturated carbocycles. The second-order valence-electron chi connectivity index (χ2n) is 10.4. The molecule has 0 fully saturated rings. The molecule has 0 N–H and O–H groups in total. The maximum absolute atomic E-state index is 3.56. The van der Waals surface area contributed by atoms with Gasteiger partial charge in [0, 0.05) is 4.47 Å². The normalized spacial score (nSPS) is 11.4. The van der Waals surface area contributed by atoms with Gasteiger partial charge in [-0.1, -0.05) is 131 Å². The molecule has 0 bridgehead atoms. The minimum Gasteiger partial charge on any atom is -0.0622 e. The Kier molecular flexibility index (Phi) is 6.80. The van der Waals surface area contributed by atoms with Crippen LogP contribution in [0.15, 0.2) is 156 Å². The second-order valence-corrected chi connectivity index (χ2v) is 11.4. The molecule has 1 heteroatoms. The zero-order valence-corrected chi connectivity index (χ0v) is 24.1. The van der Waals surface area contributed by atoms with E-state index in [1.165, 1.54) is 66.1 Å². The van der Waals surface area contributed by atoms with Crippen LogP contribution in [0.2, 0.25) is 0 Å². The predicted molar refractivity (Wildman–Crippen MR) is 181 cm³/mol. The quantitative estimate of drug-likeness (QED) is 0.176. The lowest BCUT2D eigenvalue weighted by Crippen LogP contribution is -1.86. The standard InChI is InChI=1S/C40H27Br/c41-40-20-19-33-22-29(14-16-36(33)27-40)12-11-28-13-15-34-23-35(18-17-32(34)21-28)39-25-37(30-7-3-1-4-8-30)24-38(26-39)31-9-5-2-6-10-31/h1-27H. The van der Waals surface area contributed by atoms with Crippen molar-refractivity contribution in [3.63, 3.8) is 0 Å². The first-order chi connectivity index (χ1) is 20.2. The van der Waals surface area contributed by atoms with Crippen LogP contribution in [0.1, 0.15) is 11.1 Å². The minimum absolute atomic E-state index is 1.10. The highest BCUT2D eigenvalue weighted by molar-refractivity contribution is 9.10. The Morgan fingerprint density at radius 2 is 0.756 bits per heavy atom. The van der Waals surface area contributed by atoms with Gasteiger partial charge >= 0.3 is 0 Å². The van der Waals surface area contributed by atoms with Crippen molar-refractivity contribution in [3.05, 3.63) is 167 Å². The average Bonchev–Trinajstić information content (AvgIpc) is 3.04. The van der Waals surface area contributed by atoms with E-state index in [9.17, 15) is 0 Å². The summed E-state index contributed by atoms with van der Waals surface area (Å²) in [4.78, 5) is 0. The van der Waals surface area contributed by atoms with Crippen molar-refractivity contribution in [2.24, 2.45) is 0 Å². The van der Waals surface area contributed by atoms with Crippen molar-refractivity contribution >= 4 is 49.6 Å². The van der Waals surface area contributed by atoms with E-state index in [0.29, 0.717) is 0 Å². The van der Waals surface area contributed by atoms with Gasteiger partial charge in [-0.05, 0) is 115 Å². The first-order valence-corrected chi connectivity index (χ1v) is 14.6. The van der Waals surface area contributed by atoms with Crippen molar-refractivity contribution in [3.8, 4) is 33.4 Å². The Hall–Kier alpha value is -4.72. The third kappa shape index (κ3) is 5.50. The summed E-state index contributed by atoms with van der Waals surface area (Å²) in [6.07, 6.45) is 4.39. The van der Waals surface area contributed by atoms with Gasteiger partial charge in [-0.3, -0.25) is 0 Å². The molecule has 0 atom stereocenters. The molecule has 194 valence electrons. The Morgan fingerprint density at radius 1 is 0.317 bits per heavy atom. The van der Waals surface area contributed by atoms with Crippen molar-refractivity contribution in [1.29, 1.82) is 0 Å². The van der Waals surface area contributed by atoms with Crippen molar-refractivity contribution < 1.29 is 0 Å². The number of halogens is 1. The van der Waals surface area contributed by atoms with Crippen molar-refractivity contribution in [2.75, 3.05) is 0 Å². The Balaban J connectivity index is 1.22. The van der Waals surface area contributed by atoms with Gasteiger partial charge in [0.25, 0.3) is 0 Å². The molecule has 0 aliphatic carbocycles. The number of hydrogen-bond acceptors (Lipinski definition) is 0. The summed E-state index contributed by atoms with van der Waals surface area (Å²) < 4.78 is 1.10. The second kappa shape index (κ2) is 11.0. The molecule has 0 aliphatic rings. The summed E-state index contributed by atoms with van der Waals surface area (Å²) >= 11 is 3.56. The monoisotopic (exact) mass is 586 g/mol. The molecule has 7 aromatic rings. The van der Waals surface area contributed by atoms with E-state index in [0.717, 1.165) is 4.47 Å². The third-order valence-corrected chi connectivity index (χ3v) is 8.13. The first-order valence-electron chi connectivity index (χ1n) is 13.9. The fraction of sp³-hybridized carbons (Fsp3) is 0. The van der Waals surface area contributed by atoms with Crippen LogP contribution >= 0.6 is 15.9 Å². The van der Waals surface area contributed by atoms with Gasteiger partial charge in [0.15, 0.2) is 0 Å². The molecule has 7 aromatic carbocycles. The van der Waals surface area contributed by atoms with Crippen molar-refractivity contribution in [1.82, 2.24) is 0 Å². The largest absolute Gasteiger partial charge is 0.0622 e. The lowest BCUT2D eigenvalue weighted by molar-refractivity contribution is 1.57. The van der Waals surface area contributed by atoms with E-state index in [2.05, 4.69) is 180 Å². The van der Waals surface area contributed by atoms with Crippen molar-refractivity contribution in [2.45, 2.75) is 0 Å². The number of benzene rings is 7. The van der Waals surface area contributed by atoms with Crippen LogP contribution < -0.4 is 0 Å². The van der Waals surface area contributed by atoms with Crippen LogP contribution in [-0.2, 0) is 0 Å². The van der Waals surface area contributed by atoms with Crippen LogP contribution in [-0.4, -0.2) is 0 Å². The zero-order valence-electron chi connectivity index (χ0n) is 22.5. The summed E-state index contributed by atoms with van der Waals surface area (Å²) in [6.45, 7) is 0. The molecule has 0 amide bonds. The SMILES string of the molecule is Brc1ccc2cc(C=Cc3ccc4cc(-c5cc(-c6ccccc6)cc(-c6ccccc6)c5)ccc4c3)ccc2c1. The van der Waals surface area contributed by atoms with Crippen LogP contribution in [0.3, 0.4) is 0 Å². The molecule has 0 heterocycles. The van der Waals surface area contributed by atoms with E-state index in [1.54, 1.807) is 0 Å². The topological polar surface area (TPSA) is 0 Å². The van der Waals surface area contributed by atoms with Crippen LogP contribution in [0.4, 0.5) is 0 Å². The highest BCUT2D eigenvalue weighted by Crippen LogP contribution is 2.34. The number of rotatable bonds is 5. The van der Waals surface area contributed by atoms with E-state index in [4.69, 9.17) is 0 Å². The highest BCUT2D eigenvalue weighted by Gasteiger charge is 2.08. The smallest absolute Gasteiger partial charge is 0.0181 e. The van der Waals surface area contributed by atoms with Crippen LogP contribution in [0, 0.1) is 0 Å². The first kappa shape index (κ1) is 25.3. The van der Waals surface area contributed by atoms with Crippen LogP contribution in [0.5, 0.6) is 0 Å². The fourth-order valence-corrected chi connectivity index (χ4v) is 5.85. The number of fused-ring (bicyclic) bond motifs is 2. The van der Waals surface area contributed by atoms with E-state index in [1.807, 2.05) is 0 Å². The van der Waals surface area contributed by atoms with Gasteiger partial charge in [-0.2, -0.15) is 0 Å². The van der Waals surface area contributed by atoms with E-state index in [-0.39, 0.29) is 0 Å². The lowest BCUT2D eigenvalue weighted by Gasteiger charge is -2.12. The molecular formula is C40H27Br.